The van der Waals surface area contributed by atoms with E-state index < -0.39 is 9.92 Å². The van der Waals surface area contributed by atoms with Crippen LogP contribution in [-0.2, 0) is 9.92 Å². The molecule has 1 aliphatic rings. The molecular formula is C20H21N3O3S. The fraction of sp³-hybridized carbons (Fsp3) is 0.250. The van der Waals surface area contributed by atoms with Crippen molar-refractivity contribution in [3.63, 3.8) is 0 Å². The van der Waals surface area contributed by atoms with E-state index in [1.165, 1.54) is 0 Å². The van der Waals surface area contributed by atoms with Crippen molar-refractivity contribution in [1.29, 1.82) is 4.78 Å². The Morgan fingerprint density at radius 2 is 1.74 bits per heavy atom. The summed E-state index contributed by atoms with van der Waals surface area (Å²) >= 11 is 0. The Kier molecular flexibility index (Phi) is 4.72. The predicted molar refractivity (Wildman–Crippen MR) is 105 cm³/mol. The van der Waals surface area contributed by atoms with Gasteiger partial charge in [0.1, 0.15) is 27.2 Å². The van der Waals surface area contributed by atoms with Crippen molar-refractivity contribution in [2.45, 2.75) is 17.7 Å². The molecule has 2 heterocycles. The number of rotatable bonds is 5. The van der Waals surface area contributed by atoms with E-state index in [0.29, 0.717) is 29.5 Å². The normalized spacial score (nSPS) is 16.9. The van der Waals surface area contributed by atoms with Crippen LogP contribution in [0.5, 0.6) is 17.2 Å². The Balaban J connectivity index is 1.59. The van der Waals surface area contributed by atoms with E-state index in [1.807, 2.05) is 18.2 Å². The van der Waals surface area contributed by atoms with Crippen LogP contribution in [0.4, 0.5) is 0 Å². The van der Waals surface area contributed by atoms with Crippen LogP contribution in [0.3, 0.4) is 0 Å². The number of fused-ring (bicyclic) bond motifs is 1. The second-order valence-corrected chi connectivity index (χ2v) is 8.47. The van der Waals surface area contributed by atoms with Crippen LogP contribution in [0.2, 0.25) is 0 Å². The first-order valence-electron chi connectivity index (χ1n) is 8.82. The van der Waals surface area contributed by atoms with Gasteiger partial charge in [-0.2, -0.15) is 0 Å². The number of hydrogen-bond donors (Lipinski definition) is 1. The molecule has 1 fully saturated rings. The number of benzene rings is 2. The molecule has 0 bridgehead atoms. The molecule has 4 rings (SSSR count). The standard InChI is InChI=1S/C20H21N3O3S/c1-25-16-6-9-18-19(14-16)22-11-10-20(18)26-15-4-7-17(8-5-15)27(21,24)23-12-2-3-13-23/h4-11,14,21H,2-3,12-13H2,1H3. The number of hydrogen-bond acceptors (Lipinski definition) is 5. The third kappa shape index (κ3) is 3.48. The van der Waals surface area contributed by atoms with Crippen LogP contribution in [0.1, 0.15) is 12.8 Å². The lowest BCUT2D eigenvalue weighted by atomic mass is 10.2. The van der Waals surface area contributed by atoms with Crippen LogP contribution >= 0.6 is 0 Å². The maximum atomic E-state index is 12.8. The molecule has 27 heavy (non-hydrogen) atoms. The molecule has 2 aromatic carbocycles. The van der Waals surface area contributed by atoms with Gasteiger partial charge in [-0.15, -0.1) is 0 Å². The highest BCUT2D eigenvalue weighted by molar-refractivity contribution is 7.90. The van der Waals surface area contributed by atoms with E-state index in [4.69, 9.17) is 14.3 Å². The Hall–Kier alpha value is -2.64. The third-order valence-corrected chi connectivity index (χ3v) is 6.71. The quantitative estimate of drug-likeness (QED) is 0.706. The smallest absolute Gasteiger partial charge is 0.138 e. The third-order valence-electron chi connectivity index (χ3n) is 4.71. The van der Waals surface area contributed by atoms with Gasteiger partial charge < -0.3 is 9.47 Å². The van der Waals surface area contributed by atoms with Gasteiger partial charge in [-0.05, 0) is 55.3 Å². The molecule has 0 radical (unpaired) electrons. The highest BCUT2D eigenvalue weighted by Gasteiger charge is 2.23. The summed E-state index contributed by atoms with van der Waals surface area (Å²) in [6.45, 7) is 1.43. The van der Waals surface area contributed by atoms with Crippen LogP contribution in [0.25, 0.3) is 10.9 Å². The first-order chi connectivity index (χ1) is 13.1. The molecule has 140 valence electrons. The van der Waals surface area contributed by atoms with Gasteiger partial charge in [0, 0.05) is 30.7 Å². The number of nitrogens with zero attached hydrogens (tertiary/aromatic N) is 2. The molecule has 1 atom stereocenters. The van der Waals surface area contributed by atoms with E-state index in [1.54, 1.807) is 47.9 Å². The van der Waals surface area contributed by atoms with Crippen LogP contribution in [-0.4, -0.2) is 33.7 Å². The second kappa shape index (κ2) is 7.17. The lowest BCUT2D eigenvalue weighted by Crippen LogP contribution is -2.26. The minimum atomic E-state index is -2.92. The average Bonchev–Trinajstić information content (AvgIpc) is 3.24. The Labute approximate surface area is 158 Å². The molecule has 1 saturated heterocycles. The first-order valence-corrected chi connectivity index (χ1v) is 10.3. The molecule has 3 aromatic rings. The number of aromatic nitrogens is 1. The van der Waals surface area contributed by atoms with E-state index >= 15 is 0 Å². The zero-order valence-electron chi connectivity index (χ0n) is 15.1. The van der Waals surface area contributed by atoms with Crippen molar-refractivity contribution < 1.29 is 13.7 Å². The molecular weight excluding hydrogens is 362 g/mol. The number of ether oxygens (including phenoxy) is 2. The van der Waals surface area contributed by atoms with Crippen molar-refractivity contribution in [2.75, 3.05) is 20.2 Å². The molecule has 0 amide bonds. The van der Waals surface area contributed by atoms with Gasteiger partial charge in [-0.3, -0.25) is 4.98 Å². The van der Waals surface area contributed by atoms with E-state index in [9.17, 15) is 4.21 Å². The largest absolute Gasteiger partial charge is 0.497 e. The van der Waals surface area contributed by atoms with Crippen LogP contribution in [0, 0.1) is 4.78 Å². The Morgan fingerprint density at radius 3 is 2.44 bits per heavy atom. The monoisotopic (exact) mass is 383 g/mol. The minimum Gasteiger partial charge on any atom is -0.497 e. The predicted octanol–water partition coefficient (Wildman–Crippen LogP) is 4.45. The molecule has 7 heteroatoms. The van der Waals surface area contributed by atoms with Gasteiger partial charge in [0.15, 0.2) is 0 Å². The summed E-state index contributed by atoms with van der Waals surface area (Å²) in [4.78, 5) is 4.87. The van der Waals surface area contributed by atoms with Gasteiger partial charge in [0.05, 0.1) is 17.5 Å². The lowest BCUT2D eigenvalue weighted by Gasteiger charge is -2.19. The average molecular weight is 383 g/mol. The van der Waals surface area contributed by atoms with E-state index in [-0.39, 0.29) is 0 Å². The zero-order chi connectivity index (χ0) is 18.9. The van der Waals surface area contributed by atoms with Crippen molar-refractivity contribution in [2.24, 2.45) is 0 Å². The summed E-state index contributed by atoms with van der Waals surface area (Å²) in [7, 11) is -1.30. The molecule has 0 saturated carbocycles. The summed E-state index contributed by atoms with van der Waals surface area (Å²) in [5.74, 6) is 2.05. The van der Waals surface area contributed by atoms with Crippen LogP contribution in [0.15, 0.2) is 59.6 Å². The number of nitrogens with one attached hydrogen (secondary N) is 1. The molecule has 0 spiro atoms. The van der Waals surface area contributed by atoms with Crippen LogP contribution < -0.4 is 9.47 Å². The summed E-state index contributed by atoms with van der Waals surface area (Å²) in [5, 5.41) is 0.878. The number of pyridine rings is 1. The highest BCUT2D eigenvalue weighted by atomic mass is 32.2. The van der Waals surface area contributed by atoms with Gasteiger partial charge in [0.25, 0.3) is 0 Å². The zero-order valence-corrected chi connectivity index (χ0v) is 15.9. The van der Waals surface area contributed by atoms with E-state index in [2.05, 4.69) is 4.98 Å². The molecule has 0 aliphatic carbocycles. The fourth-order valence-electron chi connectivity index (χ4n) is 3.23. The lowest BCUT2D eigenvalue weighted by molar-refractivity contribution is 0.415. The number of methoxy groups -OCH3 is 1. The first kappa shape index (κ1) is 17.8. The summed E-state index contributed by atoms with van der Waals surface area (Å²) in [5.41, 5.74) is 0.784. The minimum absolute atomic E-state index is 0.515. The topological polar surface area (TPSA) is 75.5 Å². The molecule has 1 unspecified atom stereocenters. The highest BCUT2D eigenvalue weighted by Crippen LogP contribution is 2.31. The van der Waals surface area contributed by atoms with Gasteiger partial charge in [0.2, 0.25) is 0 Å². The van der Waals surface area contributed by atoms with Crippen molar-refractivity contribution >= 4 is 20.8 Å². The second-order valence-electron chi connectivity index (χ2n) is 6.43. The molecule has 6 nitrogen and oxygen atoms in total. The Bertz CT molecular complexity index is 1060. The maximum Gasteiger partial charge on any atom is 0.138 e. The van der Waals surface area contributed by atoms with E-state index in [0.717, 1.165) is 29.5 Å². The maximum absolute atomic E-state index is 12.8. The summed E-state index contributed by atoms with van der Waals surface area (Å²) in [6.07, 6.45) is 3.68. The summed E-state index contributed by atoms with van der Waals surface area (Å²) < 4.78 is 34.1. The van der Waals surface area contributed by atoms with Crippen molar-refractivity contribution in [3.8, 4) is 17.2 Å². The fourth-order valence-corrected chi connectivity index (χ4v) is 4.81. The molecule has 1 aliphatic heterocycles. The Morgan fingerprint density at radius 1 is 1.04 bits per heavy atom. The van der Waals surface area contributed by atoms with Gasteiger partial charge in [-0.25, -0.2) is 13.3 Å². The van der Waals surface area contributed by atoms with Crippen molar-refractivity contribution in [1.82, 2.24) is 9.29 Å². The molecule has 1 aromatic heterocycles. The summed E-state index contributed by atoms with van der Waals surface area (Å²) in [6, 6.07) is 14.4. The van der Waals surface area contributed by atoms with Crippen molar-refractivity contribution in [3.05, 3.63) is 54.7 Å². The molecule has 1 N–H and O–H groups in total. The SMILES string of the molecule is COc1ccc2c(Oc3ccc(S(=N)(=O)N4CCCC4)cc3)ccnc2c1. The van der Waals surface area contributed by atoms with Gasteiger partial charge >= 0.3 is 0 Å². The van der Waals surface area contributed by atoms with Gasteiger partial charge in [-0.1, -0.05) is 0 Å².